The van der Waals surface area contributed by atoms with Gasteiger partial charge in [0.25, 0.3) is 0 Å². The smallest absolute Gasteiger partial charge is 0.143 e. The highest BCUT2D eigenvalue weighted by molar-refractivity contribution is 6.32. The van der Waals surface area contributed by atoms with Crippen LogP contribution in [0.25, 0.3) is 0 Å². The zero-order valence-electron chi connectivity index (χ0n) is 7.46. The first-order valence-corrected chi connectivity index (χ1v) is 4.72. The molecule has 3 nitrogen and oxygen atoms in total. The molecule has 1 aliphatic heterocycles. The average molecular weight is 209 g/mol. The number of nitrogens with zero attached hydrogens (tertiary/aromatic N) is 1. The monoisotopic (exact) mass is 208 g/mol. The molecule has 2 rings (SSSR count). The lowest BCUT2D eigenvalue weighted by atomic mass is 9.96. The quantitative estimate of drug-likeness (QED) is 0.710. The van der Waals surface area contributed by atoms with Crippen molar-refractivity contribution < 1.29 is 4.74 Å². The molecule has 0 fully saturated rings. The minimum atomic E-state index is -0.146. The van der Waals surface area contributed by atoms with Gasteiger partial charge in [0.05, 0.1) is 23.3 Å². The Labute approximate surface area is 87.0 Å². The fourth-order valence-electron chi connectivity index (χ4n) is 1.62. The summed E-state index contributed by atoms with van der Waals surface area (Å²) in [5.74, 6) is 0.574. The Balaban J connectivity index is 2.65. The number of nitrogens with two attached hydrogens (primary N) is 1. The molecule has 1 aromatic rings. The van der Waals surface area contributed by atoms with Crippen LogP contribution in [0.5, 0.6) is 5.75 Å². The zero-order chi connectivity index (χ0) is 10.1. The summed E-state index contributed by atoms with van der Waals surface area (Å²) in [5, 5.41) is 9.42. The number of halogens is 1. The molecule has 0 spiro atoms. The Kier molecular flexibility index (Phi) is 2.32. The molecular weight excluding hydrogens is 200 g/mol. The van der Waals surface area contributed by atoms with Gasteiger partial charge in [0.1, 0.15) is 5.75 Å². The second-order valence-corrected chi connectivity index (χ2v) is 3.60. The summed E-state index contributed by atoms with van der Waals surface area (Å²) in [6.07, 6.45) is 0.724. The normalized spacial score (nSPS) is 19.4. The third-order valence-corrected chi connectivity index (χ3v) is 2.61. The van der Waals surface area contributed by atoms with Crippen molar-refractivity contribution in [3.63, 3.8) is 0 Å². The Morgan fingerprint density at radius 3 is 3.07 bits per heavy atom. The van der Waals surface area contributed by atoms with E-state index < -0.39 is 0 Å². The second-order valence-electron chi connectivity index (χ2n) is 3.19. The lowest BCUT2D eigenvalue weighted by molar-refractivity contribution is 0.269. The first kappa shape index (κ1) is 9.32. The minimum Gasteiger partial charge on any atom is -0.492 e. The maximum absolute atomic E-state index is 8.90. The van der Waals surface area contributed by atoms with Gasteiger partial charge in [0.15, 0.2) is 0 Å². The Morgan fingerprint density at radius 2 is 2.36 bits per heavy atom. The molecular formula is C10H9ClN2O. The van der Waals surface area contributed by atoms with Gasteiger partial charge >= 0.3 is 0 Å². The highest BCUT2D eigenvalue weighted by atomic mass is 35.5. The minimum absolute atomic E-state index is 0.146. The SMILES string of the molecule is N#Cc1ccc(Cl)c2c1[C@@H](N)CCO2. The molecule has 4 heteroatoms. The third kappa shape index (κ3) is 1.33. The molecule has 1 aliphatic rings. The van der Waals surface area contributed by atoms with Gasteiger partial charge in [-0.15, -0.1) is 0 Å². The third-order valence-electron chi connectivity index (χ3n) is 2.31. The van der Waals surface area contributed by atoms with Gasteiger partial charge in [0.2, 0.25) is 0 Å². The molecule has 1 atom stereocenters. The van der Waals surface area contributed by atoms with Crippen LogP contribution in [0.3, 0.4) is 0 Å². The fraction of sp³-hybridized carbons (Fsp3) is 0.300. The molecule has 0 saturated heterocycles. The topological polar surface area (TPSA) is 59.0 Å². The lowest BCUT2D eigenvalue weighted by Crippen LogP contribution is -2.22. The average Bonchev–Trinajstić information content (AvgIpc) is 2.20. The van der Waals surface area contributed by atoms with Crippen molar-refractivity contribution in [3.8, 4) is 11.8 Å². The van der Waals surface area contributed by atoms with E-state index in [9.17, 15) is 0 Å². The molecule has 0 aliphatic carbocycles. The van der Waals surface area contributed by atoms with Crippen LogP contribution in [0.15, 0.2) is 12.1 Å². The first-order valence-electron chi connectivity index (χ1n) is 4.35. The Hall–Kier alpha value is -1.24. The van der Waals surface area contributed by atoms with Crippen LogP contribution in [0, 0.1) is 11.3 Å². The summed E-state index contributed by atoms with van der Waals surface area (Å²) in [6, 6.07) is 5.29. The molecule has 72 valence electrons. The summed E-state index contributed by atoms with van der Waals surface area (Å²) >= 11 is 5.95. The number of ether oxygens (including phenoxy) is 1. The van der Waals surface area contributed by atoms with E-state index in [4.69, 9.17) is 27.3 Å². The molecule has 14 heavy (non-hydrogen) atoms. The fourth-order valence-corrected chi connectivity index (χ4v) is 1.84. The Bertz CT molecular complexity index is 411. The molecule has 0 aromatic heterocycles. The van der Waals surface area contributed by atoms with Crippen molar-refractivity contribution in [3.05, 3.63) is 28.3 Å². The van der Waals surface area contributed by atoms with E-state index in [-0.39, 0.29) is 6.04 Å². The number of rotatable bonds is 0. The summed E-state index contributed by atoms with van der Waals surface area (Å²) < 4.78 is 5.40. The van der Waals surface area contributed by atoms with E-state index >= 15 is 0 Å². The summed E-state index contributed by atoms with van der Waals surface area (Å²) in [4.78, 5) is 0. The van der Waals surface area contributed by atoms with Crippen LogP contribution in [-0.2, 0) is 0 Å². The van der Waals surface area contributed by atoms with Crippen LogP contribution >= 0.6 is 11.6 Å². The highest BCUT2D eigenvalue weighted by Gasteiger charge is 2.23. The molecule has 1 heterocycles. The van der Waals surface area contributed by atoms with E-state index in [0.717, 1.165) is 12.0 Å². The van der Waals surface area contributed by atoms with Crippen LogP contribution in [-0.4, -0.2) is 6.61 Å². The van der Waals surface area contributed by atoms with Gasteiger partial charge in [-0.3, -0.25) is 0 Å². The number of fused-ring (bicyclic) bond motifs is 1. The molecule has 0 saturated carbocycles. The number of hydrogen-bond acceptors (Lipinski definition) is 3. The highest BCUT2D eigenvalue weighted by Crippen LogP contribution is 2.38. The first-order chi connectivity index (χ1) is 6.74. The lowest BCUT2D eigenvalue weighted by Gasteiger charge is -2.24. The molecule has 2 N–H and O–H groups in total. The van der Waals surface area contributed by atoms with Gasteiger partial charge in [-0.1, -0.05) is 11.6 Å². The second kappa shape index (κ2) is 3.49. The molecule has 0 amide bonds. The number of benzene rings is 1. The summed E-state index contributed by atoms with van der Waals surface area (Å²) in [5.41, 5.74) is 7.20. The predicted molar refractivity (Wildman–Crippen MR) is 53.2 cm³/mol. The van der Waals surface area contributed by atoms with E-state index in [1.165, 1.54) is 0 Å². The maximum atomic E-state index is 8.90. The van der Waals surface area contributed by atoms with Gasteiger partial charge in [-0.25, -0.2) is 0 Å². The van der Waals surface area contributed by atoms with Crippen molar-refractivity contribution in [1.82, 2.24) is 0 Å². The number of nitriles is 1. The van der Waals surface area contributed by atoms with Crippen LogP contribution in [0.2, 0.25) is 5.02 Å². The number of hydrogen-bond donors (Lipinski definition) is 1. The van der Waals surface area contributed by atoms with Crippen molar-refractivity contribution in [2.24, 2.45) is 5.73 Å². The predicted octanol–water partition coefficient (Wildman–Crippen LogP) is 1.99. The van der Waals surface area contributed by atoms with Crippen LogP contribution < -0.4 is 10.5 Å². The molecule has 0 bridgehead atoms. The molecule has 1 aromatic carbocycles. The molecule has 0 unspecified atom stereocenters. The molecule has 0 radical (unpaired) electrons. The maximum Gasteiger partial charge on any atom is 0.143 e. The zero-order valence-corrected chi connectivity index (χ0v) is 8.21. The van der Waals surface area contributed by atoms with E-state index in [1.54, 1.807) is 12.1 Å². The van der Waals surface area contributed by atoms with Crippen molar-refractivity contribution in [2.45, 2.75) is 12.5 Å². The van der Waals surface area contributed by atoms with E-state index in [0.29, 0.717) is 22.9 Å². The van der Waals surface area contributed by atoms with Crippen molar-refractivity contribution >= 4 is 11.6 Å². The van der Waals surface area contributed by atoms with Gasteiger partial charge in [0, 0.05) is 18.0 Å². The van der Waals surface area contributed by atoms with Crippen molar-refractivity contribution in [2.75, 3.05) is 6.61 Å². The van der Waals surface area contributed by atoms with Crippen LogP contribution in [0.4, 0.5) is 0 Å². The van der Waals surface area contributed by atoms with E-state index in [2.05, 4.69) is 6.07 Å². The van der Waals surface area contributed by atoms with Crippen LogP contribution in [0.1, 0.15) is 23.6 Å². The largest absolute Gasteiger partial charge is 0.492 e. The summed E-state index contributed by atoms with van der Waals surface area (Å²) in [6.45, 7) is 0.558. The summed E-state index contributed by atoms with van der Waals surface area (Å²) in [7, 11) is 0. The van der Waals surface area contributed by atoms with Gasteiger partial charge in [-0.2, -0.15) is 5.26 Å². The Morgan fingerprint density at radius 1 is 1.57 bits per heavy atom. The van der Waals surface area contributed by atoms with Gasteiger partial charge in [-0.05, 0) is 12.1 Å². The van der Waals surface area contributed by atoms with Gasteiger partial charge < -0.3 is 10.5 Å². The standard InChI is InChI=1S/C10H9ClN2O/c11-7-2-1-6(5-12)9-8(13)3-4-14-10(7)9/h1-2,8H,3-4,13H2/t8-/m0/s1. The van der Waals surface area contributed by atoms with E-state index in [1.807, 2.05) is 0 Å². The van der Waals surface area contributed by atoms with Crippen molar-refractivity contribution in [1.29, 1.82) is 5.26 Å².